The normalized spacial score (nSPS) is 10.7. The number of H-pyrrole nitrogens is 1. The van der Waals surface area contributed by atoms with Crippen LogP contribution in [0.2, 0.25) is 0 Å². The molecule has 0 atom stereocenters. The van der Waals surface area contributed by atoms with Crippen LogP contribution in [0.15, 0.2) is 51.7 Å². The Labute approximate surface area is 109 Å². The molecule has 5 heteroatoms. The molecular weight excluding hydrogens is 242 g/mol. The standard InChI is InChI=1S/C14H13N3O2/c15-10-3-1-2-4-11(10)16-8-9-5-6-12-13(7-9)19-14(18)17-12/h1-7,16H,8,15H2,(H,17,18). The minimum Gasteiger partial charge on any atom is -0.408 e. The molecule has 0 spiro atoms. The predicted molar refractivity (Wildman–Crippen MR) is 75.0 cm³/mol. The molecule has 0 bridgehead atoms. The van der Waals surface area contributed by atoms with Crippen LogP contribution in [0.25, 0.3) is 11.1 Å². The van der Waals surface area contributed by atoms with E-state index in [4.69, 9.17) is 10.2 Å². The number of nitrogens with one attached hydrogen (secondary N) is 2. The molecular formula is C14H13N3O2. The lowest BCUT2D eigenvalue weighted by Gasteiger charge is -2.08. The fraction of sp³-hybridized carbons (Fsp3) is 0.0714. The predicted octanol–water partition coefficient (Wildman–Crippen LogP) is 2.32. The average molecular weight is 255 g/mol. The van der Waals surface area contributed by atoms with Crippen LogP contribution in [-0.2, 0) is 6.54 Å². The first-order valence-electron chi connectivity index (χ1n) is 5.92. The van der Waals surface area contributed by atoms with Gasteiger partial charge in [0.15, 0.2) is 5.58 Å². The number of anilines is 2. The highest BCUT2D eigenvalue weighted by molar-refractivity contribution is 5.73. The second kappa shape index (κ2) is 4.53. The fourth-order valence-corrected chi connectivity index (χ4v) is 1.96. The molecule has 96 valence electrons. The lowest BCUT2D eigenvalue weighted by molar-refractivity contribution is 0.555. The number of rotatable bonds is 3. The van der Waals surface area contributed by atoms with Gasteiger partial charge in [-0.3, -0.25) is 4.98 Å². The third-order valence-electron chi connectivity index (χ3n) is 2.93. The van der Waals surface area contributed by atoms with Gasteiger partial charge in [-0.2, -0.15) is 0 Å². The van der Waals surface area contributed by atoms with Crippen molar-refractivity contribution in [3.8, 4) is 0 Å². The summed E-state index contributed by atoms with van der Waals surface area (Å²) in [4.78, 5) is 13.7. The van der Waals surface area contributed by atoms with Crippen LogP contribution in [0, 0.1) is 0 Å². The lowest BCUT2D eigenvalue weighted by Crippen LogP contribution is -2.01. The van der Waals surface area contributed by atoms with Crippen LogP contribution in [0.1, 0.15) is 5.56 Å². The van der Waals surface area contributed by atoms with E-state index in [1.165, 1.54) is 0 Å². The highest BCUT2D eigenvalue weighted by Gasteiger charge is 2.03. The number of aromatic amines is 1. The summed E-state index contributed by atoms with van der Waals surface area (Å²) >= 11 is 0. The lowest BCUT2D eigenvalue weighted by atomic mass is 10.2. The van der Waals surface area contributed by atoms with E-state index >= 15 is 0 Å². The third-order valence-corrected chi connectivity index (χ3v) is 2.93. The minimum absolute atomic E-state index is 0.438. The number of para-hydroxylation sites is 2. The van der Waals surface area contributed by atoms with E-state index in [-0.39, 0.29) is 0 Å². The van der Waals surface area contributed by atoms with Crippen LogP contribution >= 0.6 is 0 Å². The van der Waals surface area contributed by atoms with Gasteiger partial charge in [0.05, 0.1) is 16.9 Å². The number of fused-ring (bicyclic) bond motifs is 1. The molecule has 19 heavy (non-hydrogen) atoms. The van der Waals surface area contributed by atoms with Crippen molar-refractivity contribution in [3.63, 3.8) is 0 Å². The van der Waals surface area contributed by atoms with Crippen molar-refractivity contribution < 1.29 is 4.42 Å². The molecule has 1 heterocycles. The largest absolute Gasteiger partial charge is 0.417 e. The van der Waals surface area contributed by atoms with Crippen molar-refractivity contribution in [2.45, 2.75) is 6.54 Å². The Morgan fingerprint density at radius 2 is 2.05 bits per heavy atom. The quantitative estimate of drug-likeness (QED) is 0.627. The van der Waals surface area contributed by atoms with Crippen LogP contribution < -0.4 is 16.8 Å². The zero-order valence-electron chi connectivity index (χ0n) is 10.1. The molecule has 0 fully saturated rings. The number of hydrogen-bond donors (Lipinski definition) is 3. The van der Waals surface area contributed by atoms with Crippen molar-refractivity contribution in [1.82, 2.24) is 4.98 Å². The maximum atomic E-state index is 11.1. The summed E-state index contributed by atoms with van der Waals surface area (Å²) in [5.41, 5.74) is 9.72. The summed E-state index contributed by atoms with van der Waals surface area (Å²) in [6, 6.07) is 13.2. The van der Waals surface area contributed by atoms with Crippen molar-refractivity contribution in [2.24, 2.45) is 0 Å². The van der Waals surface area contributed by atoms with Gasteiger partial charge >= 0.3 is 5.76 Å². The van der Waals surface area contributed by atoms with Crippen molar-refractivity contribution in [1.29, 1.82) is 0 Å². The minimum atomic E-state index is -0.438. The van der Waals surface area contributed by atoms with Gasteiger partial charge < -0.3 is 15.5 Å². The molecule has 0 saturated heterocycles. The van der Waals surface area contributed by atoms with E-state index in [1.807, 2.05) is 42.5 Å². The molecule has 0 unspecified atom stereocenters. The van der Waals surface area contributed by atoms with Gasteiger partial charge in [-0.05, 0) is 29.8 Å². The number of aromatic nitrogens is 1. The summed E-state index contributed by atoms with van der Waals surface area (Å²) in [6.45, 7) is 0.610. The fourth-order valence-electron chi connectivity index (χ4n) is 1.96. The third kappa shape index (κ3) is 2.30. The monoisotopic (exact) mass is 255 g/mol. The highest BCUT2D eigenvalue weighted by atomic mass is 16.4. The van der Waals surface area contributed by atoms with E-state index in [0.29, 0.717) is 23.3 Å². The van der Waals surface area contributed by atoms with E-state index < -0.39 is 5.76 Å². The zero-order chi connectivity index (χ0) is 13.2. The second-order valence-electron chi connectivity index (χ2n) is 4.29. The number of nitrogen functional groups attached to an aromatic ring is 1. The first-order chi connectivity index (χ1) is 9.22. The molecule has 0 aliphatic rings. The van der Waals surface area contributed by atoms with E-state index in [1.54, 1.807) is 0 Å². The number of oxazole rings is 1. The Bertz CT molecular complexity index is 773. The van der Waals surface area contributed by atoms with Gasteiger partial charge in [0.2, 0.25) is 0 Å². The summed E-state index contributed by atoms with van der Waals surface area (Å²) in [6.07, 6.45) is 0. The van der Waals surface area contributed by atoms with Gasteiger partial charge in [0.1, 0.15) is 0 Å². The zero-order valence-corrected chi connectivity index (χ0v) is 10.1. The Morgan fingerprint density at radius 1 is 1.21 bits per heavy atom. The molecule has 5 nitrogen and oxygen atoms in total. The first kappa shape index (κ1) is 11.4. The van der Waals surface area contributed by atoms with Gasteiger partial charge in [0.25, 0.3) is 0 Å². The van der Waals surface area contributed by atoms with Gasteiger partial charge in [-0.15, -0.1) is 0 Å². The molecule has 0 saturated carbocycles. The molecule has 2 aromatic carbocycles. The molecule has 3 rings (SSSR count). The first-order valence-corrected chi connectivity index (χ1v) is 5.92. The van der Waals surface area contributed by atoms with Crippen molar-refractivity contribution >= 4 is 22.5 Å². The Hall–Kier alpha value is -2.69. The SMILES string of the molecule is Nc1ccccc1NCc1ccc2[nH]c(=O)oc2c1. The summed E-state index contributed by atoms with van der Waals surface area (Å²) < 4.78 is 5.02. The topological polar surface area (TPSA) is 84.0 Å². The molecule has 0 aliphatic carbocycles. The van der Waals surface area contributed by atoms with Crippen molar-refractivity contribution in [2.75, 3.05) is 11.1 Å². The molecule has 0 amide bonds. The molecule has 4 N–H and O–H groups in total. The van der Waals surface area contributed by atoms with Crippen LogP contribution in [0.4, 0.5) is 11.4 Å². The molecule has 0 aliphatic heterocycles. The maximum Gasteiger partial charge on any atom is 0.417 e. The van der Waals surface area contributed by atoms with E-state index in [9.17, 15) is 4.79 Å². The summed E-state index contributed by atoms with van der Waals surface area (Å²) in [5, 5.41) is 3.25. The smallest absolute Gasteiger partial charge is 0.408 e. The van der Waals surface area contributed by atoms with Gasteiger partial charge in [-0.25, -0.2) is 4.79 Å². The van der Waals surface area contributed by atoms with E-state index in [0.717, 1.165) is 11.3 Å². The Morgan fingerprint density at radius 3 is 2.89 bits per heavy atom. The van der Waals surface area contributed by atoms with E-state index in [2.05, 4.69) is 10.3 Å². The Kier molecular flexibility index (Phi) is 2.72. The van der Waals surface area contributed by atoms with Crippen LogP contribution in [-0.4, -0.2) is 4.98 Å². The van der Waals surface area contributed by atoms with Gasteiger partial charge in [0, 0.05) is 6.54 Å². The molecule has 1 aromatic heterocycles. The number of nitrogens with two attached hydrogens (primary N) is 1. The van der Waals surface area contributed by atoms with Crippen molar-refractivity contribution in [3.05, 3.63) is 58.6 Å². The van der Waals surface area contributed by atoms with Gasteiger partial charge in [-0.1, -0.05) is 18.2 Å². The molecule has 3 aromatic rings. The van der Waals surface area contributed by atoms with Crippen LogP contribution in [0.5, 0.6) is 0 Å². The van der Waals surface area contributed by atoms with Crippen LogP contribution in [0.3, 0.4) is 0 Å². The molecule has 0 radical (unpaired) electrons. The highest BCUT2D eigenvalue weighted by Crippen LogP contribution is 2.19. The average Bonchev–Trinajstić information content (AvgIpc) is 2.77. The second-order valence-corrected chi connectivity index (χ2v) is 4.29. The maximum absolute atomic E-state index is 11.1. The Balaban J connectivity index is 1.82. The number of benzene rings is 2. The number of hydrogen-bond acceptors (Lipinski definition) is 4. The summed E-state index contributed by atoms with van der Waals surface area (Å²) in [7, 11) is 0. The summed E-state index contributed by atoms with van der Waals surface area (Å²) in [5.74, 6) is -0.438.